The molecule has 0 spiro atoms. The van der Waals surface area contributed by atoms with E-state index in [-0.39, 0.29) is 11.6 Å². The Hall–Kier alpha value is -1.91. The summed E-state index contributed by atoms with van der Waals surface area (Å²) in [6.45, 7) is 8.14. The second-order valence-corrected chi connectivity index (χ2v) is 7.64. The predicted molar refractivity (Wildman–Crippen MR) is 101 cm³/mol. The second kappa shape index (κ2) is 6.78. The van der Waals surface area contributed by atoms with Crippen molar-refractivity contribution in [2.75, 3.05) is 0 Å². The predicted octanol–water partition coefficient (Wildman–Crippen LogP) is 4.67. The fourth-order valence-electron chi connectivity index (χ4n) is 3.07. The Morgan fingerprint density at radius 2 is 1.36 bits per heavy atom. The van der Waals surface area contributed by atoms with E-state index in [0.717, 1.165) is 11.1 Å². The summed E-state index contributed by atoms with van der Waals surface area (Å²) in [4.78, 5) is 12.8. The second-order valence-electron chi connectivity index (χ2n) is 7.64. The first-order valence-electron chi connectivity index (χ1n) is 8.79. The first-order valence-corrected chi connectivity index (χ1v) is 8.79. The summed E-state index contributed by atoms with van der Waals surface area (Å²) in [7, 11) is -0.444. The van der Waals surface area contributed by atoms with Crippen molar-refractivity contribution in [2.24, 2.45) is 0 Å². The highest BCUT2D eigenvalue weighted by molar-refractivity contribution is 6.48. The first-order chi connectivity index (χ1) is 11.8. The van der Waals surface area contributed by atoms with Crippen LogP contribution in [0.3, 0.4) is 0 Å². The standard InChI is InChI=1S/C21H25BO3/c1-20(2)21(3,4)25-22(24-20)18(16-11-7-5-8-12-16)15-19(23)17-13-9-6-10-14-17/h5-14,18H,15H2,1-4H3. The van der Waals surface area contributed by atoms with Crippen molar-refractivity contribution in [3.63, 3.8) is 0 Å². The Kier molecular flexibility index (Phi) is 4.85. The molecule has 0 radical (unpaired) electrons. The zero-order valence-electron chi connectivity index (χ0n) is 15.4. The number of Topliss-reactive ketones (excluding diaryl/α,β-unsaturated/α-hetero) is 1. The van der Waals surface area contributed by atoms with Gasteiger partial charge >= 0.3 is 7.12 Å². The van der Waals surface area contributed by atoms with Crippen molar-refractivity contribution in [1.29, 1.82) is 0 Å². The molecule has 3 nitrogen and oxygen atoms in total. The lowest BCUT2D eigenvalue weighted by molar-refractivity contribution is 0.00578. The monoisotopic (exact) mass is 336 g/mol. The van der Waals surface area contributed by atoms with Crippen molar-refractivity contribution in [2.45, 2.75) is 51.1 Å². The topological polar surface area (TPSA) is 35.5 Å². The van der Waals surface area contributed by atoms with Crippen LogP contribution in [0.4, 0.5) is 0 Å². The van der Waals surface area contributed by atoms with Gasteiger partial charge in [-0.2, -0.15) is 0 Å². The Morgan fingerprint density at radius 1 is 0.880 bits per heavy atom. The van der Waals surface area contributed by atoms with Gasteiger partial charge in [-0.25, -0.2) is 0 Å². The smallest absolute Gasteiger partial charge is 0.403 e. The molecule has 0 saturated carbocycles. The minimum Gasteiger partial charge on any atom is -0.403 e. The molecule has 130 valence electrons. The lowest BCUT2D eigenvalue weighted by atomic mass is 9.65. The van der Waals surface area contributed by atoms with Crippen LogP contribution >= 0.6 is 0 Å². The van der Waals surface area contributed by atoms with Crippen LogP contribution in [-0.2, 0) is 9.31 Å². The summed E-state index contributed by atoms with van der Waals surface area (Å²) in [5.41, 5.74) is 0.950. The normalized spacial score (nSPS) is 19.6. The number of benzene rings is 2. The number of carbonyl (C=O) groups is 1. The summed E-state index contributed by atoms with van der Waals surface area (Å²) in [6, 6.07) is 19.4. The van der Waals surface area contributed by atoms with Gasteiger partial charge < -0.3 is 9.31 Å². The van der Waals surface area contributed by atoms with Crippen molar-refractivity contribution in [3.8, 4) is 0 Å². The quantitative estimate of drug-likeness (QED) is 0.588. The molecule has 1 atom stereocenters. The molecule has 1 aliphatic heterocycles. The Balaban J connectivity index is 1.88. The number of carbonyl (C=O) groups excluding carboxylic acids is 1. The molecule has 25 heavy (non-hydrogen) atoms. The number of rotatable bonds is 5. The molecule has 1 saturated heterocycles. The Labute approximate surface area is 150 Å². The third kappa shape index (κ3) is 3.70. The molecule has 1 fully saturated rings. The van der Waals surface area contributed by atoms with E-state index >= 15 is 0 Å². The zero-order valence-corrected chi connectivity index (χ0v) is 15.4. The maximum absolute atomic E-state index is 12.8. The molecule has 4 heteroatoms. The van der Waals surface area contributed by atoms with Crippen LogP contribution in [0.2, 0.25) is 0 Å². The van der Waals surface area contributed by atoms with Crippen molar-refractivity contribution in [3.05, 3.63) is 71.8 Å². The van der Waals surface area contributed by atoms with Crippen molar-refractivity contribution >= 4 is 12.9 Å². The van der Waals surface area contributed by atoms with Crippen LogP contribution < -0.4 is 0 Å². The van der Waals surface area contributed by atoms with Gasteiger partial charge in [-0.15, -0.1) is 0 Å². The third-order valence-corrected chi connectivity index (χ3v) is 5.33. The van der Waals surface area contributed by atoms with E-state index in [9.17, 15) is 4.79 Å². The van der Waals surface area contributed by atoms with Crippen LogP contribution in [0.15, 0.2) is 60.7 Å². The van der Waals surface area contributed by atoms with Gasteiger partial charge in [-0.3, -0.25) is 4.79 Å². The average Bonchev–Trinajstić information content (AvgIpc) is 2.81. The summed E-state index contributed by atoms with van der Waals surface area (Å²) >= 11 is 0. The van der Waals surface area contributed by atoms with Crippen molar-refractivity contribution in [1.82, 2.24) is 0 Å². The Morgan fingerprint density at radius 3 is 1.88 bits per heavy atom. The van der Waals surface area contributed by atoms with Crippen LogP contribution in [0.1, 0.15) is 55.9 Å². The van der Waals surface area contributed by atoms with Gasteiger partial charge in [0.05, 0.1) is 11.2 Å². The highest BCUT2D eigenvalue weighted by Crippen LogP contribution is 2.42. The minimum atomic E-state index is -0.444. The van der Waals surface area contributed by atoms with Gasteiger partial charge in [0, 0.05) is 17.8 Å². The van der Waals surface area contributed by atoms with E-state index in [4.69, 9.17) is 9.31 Å². The van der Waals surface area contributed by atoms with Gasteiger partial charge in [0.2, 0.25) is 0 Å². The van der Waals surface area contributed by atoms with Crippen LogP contribution in [0, 0.1) is 0 Å². The van der Waals surface area contributed by atoms with Crippen LogP contribution in [-0.4, -0.2) is 24.1 Å². The molecule has 0 amide bonds. The van der Waals surface area contributed by atoms with E-state index in [1.165, 1.54) is 0 Å². The van der Waals surface area contributed by atoms with E-state index in [1.807, 2.05) is 88.4 Å². The van der Waals surface area contributed by atoms with Gasteiger partial charge in [-0.05, 0) is 33.3 Å². The molecular weight excluding hydrogens is 311 g/mol. The highest BCUT2D eigenvalue weighted by atomic mass is 16.7. The fourth-order valence-corrected chi connectivity index (χ4v) is 3.07. The van der Waals surface area contributed by atoms with Gasteiger partial charge in [0.1, 0.15) is 0 Å². The molecule has 1 heterocycles. The van der Waals surface area contributed by atoms with Gasteiger partial charge in [0.15, 0.2) is 5.78 Å². The molecule has 0 bridgehead atoms. The molecule has 0 aliphatic carbocycles. The van der Waals surface area contributed by atoms with Crippen LogP contribution in [0.25, 0.3) is 0 Å². The maximum atomic E-state index is 12.8. The number of ketones is 1. The molecule has 2 aromatic rings. The number of hydrogen-bond acceptors (Lipinski definition) is 3. The molecule has 0 aromatic heterocycles. The minimum absolute atomic E-state index is 0.101. The van der Waals surface area contributed by atoms with E-state index < -0.39 is 18.3 Å². The maximum Gasteiger partial charge on any atom is 0.466 e. The SMILES string of the molecule is CC1(C)OB(C(CC(=O)c2ccccc2)c2ccccc2)OC1(C)C. The molecule has 1 aliphatic rings. The summed E-state index contributed by atoms with van der Waals surface area (Å²) in [6.07, 6.45) is 0.352. The highest BCUT2D eigenvalue weighted by Gasteiger charge is 2.54. The lowest BCUT2D eigenvalue weighted by Crippen LogP contribution is -2.41. The fraction of sp³-hybridized carbons (Fsp3) is 0.381. The molecule has 0 N–H and O–H groups in total. The van der Waals surface area contributed by atoms with Crippen molar-refractivity contribution < 1.29 is 14.1 Å². The largest absolute Gasteiger partial charge is 0.466 e. The number of hydrogen-bond donors (Lipinski definition) is 0. The lowest BCUT2D eigenvalue weighted by Gasteiger charge is -2.32. The molecule has 2 aromatic carbocycles. The summed E-state index contributed by atoms with van der Waals surface area (Å²) in [5, 5.41) is 0. The van der Waals surface area contributed by atoms with E-state index in [0.29, 0.717) is 6.42 Å². The third-order valence-electron chi connectivity index (χ3n) is 5.33. The average molecular weight is 336 g/mol. The summed E-state index contributed by atoms with van der Waals surface area (Å²) < 4.78 is 12.5. The molecular formula is C21H25BO3. The van der Waals surface area contributed by atoms with Crippen LogP contribution in [0.5, 0.6) is 0 Å². The molecule has 1 unspecified atom stereocenters. The molecule has 3 rings (SSSR count). The first kappa shape index (κ1) is 17.9. The van der Waals surface area contributed by atoms with E-state index in [2.05, 4.69) is 0 Å². The van der Waals surface area contributed by atoms with E-state index in [1.54, 1.807) is 0 Å². The van der Waals surface area contributed by atoms with Gasteiger partial charge in [0.25, 0.3) is 0 Å². The zero-order chi connectivity index (χ0) is 18.1. The van der Waals surface area contributed by atoms with Gasteiger partial charge in [-0.1, -0.05) is 60.7 Å². The summed E-state index contributed by atoms with van der Waals surface area (Å²) in [5.74, 6) is -0.0425. The Bertz CT molecular complexity index is 709.